The van der Waals surface area contributed by atoms with E-state index in [-0.39, 0.29) is 6.10 Å². The summed E-state index contributed by atoms with van der Waals surface area (Å²) < 4.78 is 5.01. The van der Waals surface area contributed by atoms with Gasteiger partial charge in [0, 0.05) is 39.4 Å². The number of likely N-dealkylation sites (N-methyl/N-ethyl adjacent to an activating group) is 2. The van der Waals surface area contributed by atoms with Gasteiger partial charge in [0.2, 0.25) is 0 Å². The smallest absolute Gasteiger partial charge is 0.0555 e. The van der Waals surface area contributed by atoms with Crippen LogP contribution in [0.1, 0.15) is 25.7 Å². The van der Waals surface area contributed by atoms with Crippen molar-refractivity contribution < 1.29 is 9.84 Å². The van der Waals surface area contributed by atoms with Gasteiger partial charge in [-0.05, 0) is 39.8 Å². The Morgan fingerprint density at radius 3 is 2.76 bits per heavy atom. The van der Waals surface area contributed by atoms with E-state index in [9.17, 15) is 5.11 Å². The summed E-state index contributed by atoms with van der Waals surface area (Å²) >= 11 is 0. The molecule has 4 heteroatoms. The van der Waals surface area contributed by atoms with Gasteiger partial charge in [0.25, 0.3) is 0 Å². The number of aliphatic hydroxyl groups excluding tert-OH is 1. The van der Waals surface area contributed by atoms with Crippen LogP contribution in [0.2, 0.25) is 0 Å². The topological polar surface area (TPSA) is 35.9 Å². The van der Waals surface area contributed by atoms with E-state index in [1.165, 1.54) is 0 Å². The molecule has 1 aliphatic heterocycles. The number of rotatable bonds is 7. The Kier molecular flexibility index (Phi) is 7.04. The van der Waals surface area contributed by atoms with Crippen LogP contribution >= 0.6 is 0 Å². The van der Waals surface area contributed by atoms with Crippen molar-refractivity contribution in [1.82, 2.24) is 9.80 Å². The zero-order chi connectivity index (χ0) is 12.7. The summed E-state index contributed by atoms with van der Waals surface area (Å²) in [5, 5.41) is 10.0. The summed E-state index contributed by atoms with van der Waals surface area (Å²) in [5.41, 5.74) is 0. The Morgan fingerprint density at radius 1 is 1.29 bits per heavy atom. The van der Waals surface area contributed by atoms with E-state index >= 15 is 0 Å². The quantitative estimate of drug-likeness (QED) is 0.672. The third-order valence-corrected chi connectivity index (χ3v) is 3.66. The van der Waals surface area contributed by atoms with Crippen LogP contribution in [-0.4, -0.2) is 74.5 Å². The fourth-order valence-electron chi connectivity index (χ4n) is 2.41. The number of hydrogen-bond donors (Lipinski definition) is 1. The van der Waals surface area contributed by atoms with Crippen LogP contribution in [0.3, 0.4) is 0 Å². The third kappa shape index (κ3) is 5.82. The second kappa shape index (κ2) is 8.03. The molecule has 0 saturated carbocycles. The number of hydrogen-bond acceptors (Lipinski definition) is 4. The van der Waals surface area contributed by atoms with Crippen LogP contribution in [0.5, 0.6) is 0 Å². The monoisotopic (exact) mass is 244 g/mol. The molecule has 2 atom stereocenters. The number of piperazine rings is 1. The molecule has 0 spiro atoms. The molecule has 0 aromatic carbocycles. The molecule has 1 aliphatic rings. The molecule has 102 valence electrons. The van der Waals surface area contributed by atoms with Crippen molar-refractivity contribution in [3.63, 3.8) is 0 Å². The van der Waals surface area contributed by atoms with Gasteiger partial charge in [-0.15, -0.1) is 0 Å². The first-order valence-corrected chi connectivity index (χ1v) is 6.69. The minimum Gasteiger partial charge on any atom is -0.393 e. The van der Waals surface area contributed by atoms with Crippen molar-refractivity contribution in [2.24, 2.45) is 0 Å². The summed E-state index contributed by atoms with van der Waals surface area (Å²) in [6, 6.07) is 0.506. The van der Waals surface area contributed by atoms with Gasteiger partial charge < -0.3 is 19.6 Å². The number of ether oxygens (including phenoxy) is 1. The van der Waals surface area contributed by atoms with E-state index in [1.807, 2.05) is 0 Å². The van der Waals surface area contributed by atoms with Crippen molar-refractivity contribution in [3.05, 3.63) is 0 Å². The number of aliphatic hydroxyl groups is 1. The van der Waals surface area contributed by atoms with E-state index in [1.54, 1.807) is 7.11 Å². The van der Waals surface area contributed by atoms with Crippen molar-refractivity contribution in [2.75, 3.05) is 47.4 Å². The SMILES string of the molecule is COCCCCC(O)CC1CN(C)CCN1C. The van der Waals surface area contributed by atoms with Gasteiger partial charge in [0.05, 0.1) is 6.10 Å². The molecule has 17 heavy (non-hydrogen) atoms. The Balaban J connectivity index is 2.17. The Labute approximate surface area is 106 Å². The highest BCUT2D eigenvalue weighted by Crippen LogP contribution is 2.14. The lowest BCUT2D eigenvalue weighted by Crippen LogP contribution is -2.50. The minimum atomic E-state index is -0.161. The molecular weight excluding hydrogens is 216 g/mol. The first-order chi connectivity index (χ1) is 8.13. The largest absolute Gasteiger partial charge is 0.393 e. The van der Waals surface area contributed by atoms with E-state index in [4.69, 9.17) is 4.74 Å². The van der Waals surface area contributed by atoms with Gasteiger partial charge in [-0.3, -0.25) is 0 Å². The van der Waals surface area contributed by atoms with Crippen LogP contribution in [0.4, 0.5) is 0 Å². The highest BCUT2D eigenvalue weighted by Gasteiger charge is 2.24. The molecule has 0 radical (unpaired) electrons. The molecule has 1 rings (SSSR count). The van der Waals surface area contributed by atoms with Crippen LogP contribution in [-0.2, 0) is 4.74 Å². The summed E-state index contributed by atoms with van der Waals surface area (Å²) in [4.78, 5) is 4.72. The zero-order valence-electron chi connectivity index (χ0n) is 11.6. The molecule has 0 aliphatic carbocycles. The van der Waals surface area contributed by atoms with Crippen molar-refractivity contribution >= 4 is 0 Å². The van der Waals surface area contributed by atoms with E-state index in [0.717, 1.165) is 51.9 Å². The van der Waals surface area contributed by atoms with Crippen molar-refractivity contribution in [3.8, 4) is 0 Å². The normalized spacial score (nSPS) is 25.1. The van der Waals surface area contributed by atoms with Gasteiger partial charge >= 0.3 is 0 Å². The maximum absolute atomic E-state index is 10.0. The first-order valence-electron chi connectivity index (χ1n) is 6.69. The molecule has 4 nitrogen and oxygen atoms in total. The lowest BCUT2D eigenvalue weighted by molar-refractivity contribution is 0.0585. The van der Waals surface area contributed by atoms with Gasteiger partial charge in [-0.25, -0.2) is 0 Å². The average Bonchev–Trinajstić information content (AvgIpc) is 2.29. The fourth-order valence-corrected chi connectivity index (χ4v) is 2.41. The minimum absolute atomic E-state index is 0.161. The molecule has 0 aromatic heterocycles. The van der Waals surface area contributed by atoms with Gasteiger partial charge in [-0.1, -0.05) is 0 Å². The molecule has 0 aromatic rings. The highest BCUT2D eigenvalue weighted by atomic mass is 16.5. The van der Waals surface area contributed by atoms with Crippen LogP contribution in [0.15, 0.2) is 0 Å². The van der Waals surface area contributed by atoms with Crippen molar-refractivity contribution in [1.29, 1.82) is 0 Å². The second-order valence-electron chi connectivity index (χ2n) is 5.27. The van der Waals surface area contributed by atoms with Crippen LogP contribution in [0.25, 0.3) is 0 Å². The lowest BCUT2D eigenvalue weighted by Gasteiger charge is -2.38. The van der Waals surface area contributed by atoms with Gasteiger partial charge in [0.15, 0.2) is 0 Å². The predicted molar refractivity (Wildman–Crippen MR) is 70.3 cm³/mol. The number of unbranched alkanes of at least 4 members (excludes halogenated alkanes) is 1. The summed E-state index contributed by atoms with van der Waals surface area (Å²) in [6.45, 7) is 4.12. The van der Waals surface area contributed by atoms with E-state index in [0.29, 0.717) is 6.04 Å². The molecule has 2 unspecified atom stereocenters. The van der Waals surface area contributed by atoms with Gasteiger partial charge in [-0.2, -0.15) is 0 Å². The Hall–Kier alpha value is -0.160. The molecule has 1 heterocycles. The summed E-state index contributed by atoms with van der Waals surface area (Å²) in [6.07, 6.45) is 3.74. The highest BCUT2D eigenvalue weighted by molar-refractivity contribution is 4.80. The standard InChI is InChI=1S/C13H28N2O2/c1-14-7-8-15(2)12(11-14)10-13(16)6-4-5-9-17-3/h12-13,16H,4-11H2,1-3H3. The maximum Gasteiger partial charge on any atom is 0.0555 e. The third-order valence-electron chi connectivity index (χ3n) is 3.66. The molecule has 1 N–H and O–H groups in total. The van der Waals surface area contributed by atoms with Crippen LogP contribution in [0, 0.1) is 0 Å². The van der Waals surface area contributed by atoms with E-state index in [2.05, 4.69) is 23.9 Å². The molecular formula is C13H28N2O2. The maximum atomic E-state index is 10.0. The molecule has 1 fully saturated rings. The predicted octanol–water partition coefficient (Wildman–Crippen LogP) is 0.800. The Morgan fingerprint density at radius 2 is 2.06 bits per heavy atom. The number of nitrogens with zero attached hydrogens (tertiary/aromatic N) is 2. The van der Waals surface area contributed by atoms with Gasteiger partial charge in [0.1, 0.15) is 0 Å². The summed E-state index contributed by atoms with van der Waals surface area (Å²) in [7, 11) is 6.05. The number of methoxy groups -OCH3 is 1. The summed E-state index contributed by atoms with van der Waals surface area (Å²) in [5.74, 6) is 0. The van der Waals surface area contributed by atoms with Crippen LogP contribution < -0.4 is 0 Å². The van der Waals surface area contributed by atoms with E-state index < -0.39 is 0 Å². The fraction of sp³-hybridized carbons (Fsp3) is 1.00. The average molecular weight is 244 g/mol. The second-order valence-corrected chi connectivity index (χ2v) is 5.27. The molecule has 0 amide bonds. The first kappa shape index (κ1) is 14.9. The van der Waals surface area contributed by atoms with Crippen molar-refractivity contribution in [2.45, 2.75) is 37.8 Å². The lowest BCUT2D eigenvalue weighted by atomic mass is 10.0. The molecule has 0 bridgehead atoms. The zero-order valence-corrected chi connectivity index (χ0v) is 11.6. The molecule has 1 saturated heterocycles. The Bertz CT molecular complexity index is 202.